The van der Waals surface area contributed by atoms with Crippen molar-refractivity contribution in [3.8, 4) is 0 Å². The first-order valence-corrected chi connectivity index (χ1v) is 6.36. The Morgan fingerprint density at radius 1 is 1.22 bits per heavy atom. The van der Waals surface area contributed by atoms with Crippen molar-refractivity contribution in [2.45, 2.75) is 12.8 Å². The summed E-state index contributed by atoms with van der Waals surface area (Å²) in [6.45, 7) is 1.99. The Balaban J connectivity index is 1.70. The molecule has 4 nitrogen and oxygen atoms in total. The van der Waals surface area contributed by atoms with E-state index in [9.17, 15) is 0 Å². The molecular weight excluding hydrogens is 224 g/mol. The van der Waals surface area contributed by atoms with Crippen molar-refractivity contribution in [3.63, 3.8) is 0 Å². The number of allylic oxidation sites excluding steroid dienone is 1. The Hall–Kier alpha value is -1.84. The van der Waals surface area contributed by atoms with Gasteiger partial charge in [-0.15, -0.1) is 0 Å². The number of nitrogen functional groups attached to an aromatic ring is 1. The number of rotatable bonds is 5. The van der Waals surface area contributed by atoms with Gasteiger partial charge in [-0.2, -0.15) is 0 Å². The molecule has 3 N–H and O–H groups in total. The Morgan fingerprint density at radius 2 is 1.94 bits per heavy atom. The quantitative estimate of drug-likeness (QED) is 0.617. The van der Waals surface area contributed by atoms with Crippen LogP contribution in [0.1, 0.15) is 12.8 Å². The Bertz CT molecular complexity index is 410. The summed E-state index contributed by atoms with van der Waals surface area (Å²) >= 11 is 0. The lowest BCUT2D eigenvalue weighted by molar-refractivity contribution is 0.321. The van der Waals surface area contributed by atoms with E-state index in [0.717, 1.165) is 37.4 Å². The predicted molar refractivity (Wildman–Crippen MR) is 77.1 cm³/mol. The largest absolute Gasteiger partial charge is 0.399 e. The SMILES string of the molecule is CN1C=C(CCCNc2ccc(N)cc2)N(C)C1. The minimum atomic E-state index is 0.807. The molecule has 0 fully saturated rings. The fourth-order valence-corrected chi connectivity index (χ4v) is 2.18. The molecule has 0 aromatic heterocycles. The highest BCUT2D eigenvalue weighted by atomic mass is 15.3. The van der Waals surface area contributed by atoms with Gasteiger partial charge in [0, 0.05) is 43.9 Å². The van der Waals surface area contributed by atoms with Crippen LogP contribution in [-0.4, -0.2) is 37.1 Å². The third kappa shape index (κ3) is 3.32. The van der Waals surface area contributed by atoms with Crippen LogP contribution in [0.25, 0.3) is 0 Å². The van der Waals surface area contributed by atoms with Crippen LogP contribution >= 0.6 is 0 Å². The van der Waals surface area contributed by atoms with Crippen molar-refractivity contribution >= 4 is 11.4 Å². The molecule has 1 heterocycles. The molecule has 1 aromatic carbocycles. The highest BCUT2D eigenvalue weighted by Gasteiger charge is 2.13. The van der Waals surface area contributed by atoms with E-state index in [1.54, 1.807) is 0 Å². The number of hydrogen-bond donors (Lipinski definition) is 2. The standard InChI is InChI=1S/C14H22N4/c1-17-10-14(18(2)11-17)4-3-9-16-13-7-5-12(15)6-8-13/h5-8,10,16H,3-4,9,11,15H2,1-2H3. The van der Waals surface area contributed by atoms with E-state index < -0.39 is 0 Å². The maximum Gasteiger partial charge on any atom is 0.0890 e. The van der Waals surface area contributed by atoms with E-state index in [1.807, 2.05) is 24.3 Å². The molecular formula is C14H22N4. The van der Waals surface area contributed by atoms with E-state index in [1.165, 1.54) is 5.70 Å². The second-order valence-corrected chi connectivity index (χ2v) is 4.87. The van der Waals surface area contributed by atoms with Crippen LogP contribution < -0.4 is 11.1 Å². The van der Waals surface area contributed by atoms with E-state index in [-0.39, 0.29) is 0 Å². The first kappa shape index (κ1) is 12.6. The van der Waals surface area contributed by atoms with E-state index in [0.29, 0.717) is 0 Å². The molecule has 2 rings (SSSR count). The van der Waals surface area contributed by atoms with E-state index >= 15 is 0 Å². The Morgan fingerprint density at radius 3 is 2.56 bits per heavy atom. The lowest BCUT2D eigenvalue weighted by Gasteiger charge is -2.16. The van der Waals surface area contributed by atoms with Crippen molar-refractivity contribution in [1.29, 1.82) is 0 Å². The summed E-state index contributed by atoms with van der Waals surface area (Å²) in [4.78, 5) is 4.51. The highest BCUT2D eigenvalue weighted by molar-refractivity contribution is 5.51. The molecule has 1 aromatic rings. The molecule has 0 bridgehead atoms. The molecule has 0 saturated heterocycles. The summed E-state index contributed by atoms with van der Waals surface area (Å²) in [5, 5.41) is 3.41. The van der Waals surface area contributed by atoms with Crippen LogP contribution in [0, 0.1) is 0 Å². The molecule has 0 unspecified atom stereocenters. The minimum Gasteiger partial charge on any atom is -0.399 e. The van der Waals surface area contributed by atoms with Gasteiger partial charge in [0.25, 0.3) is 0 Å². The minimum absolute atomic E-state index is 0.807. The van der Waals surface area contributed by atoms with Crippen molar-refractivity contribution in [2.24, 2.45) is 0 Å². The summed E-state index contributed by atoms with van der Waals surface area (Å²) in [6, 6.07) is 7.88. The molecule has 0 atom stereocenters. The summed E-state index contributed by atoms with van der Waals surface area (Å²) in [7, 11) is 4.25. The van der Waals surface area contributed by atoms with Gasteiger partial charge in [-0.3, -0.25) is 0 Å². The second-order valence-electron chi connectivity index (χ2n) is 4.87. The fraction of sp³-hybridized carbons (Fsp3) is 0.429. The average Bonchev–Trinajstić information content (AvgIpc) is 2.66. The maximum atomic E-state index is 5.65. The van der Waals surface area contributed by atoms with Gasteiger partial charge in [-0.1, -0.05) is 0 Å². The first-order valence-electron chi connectivity index (χ1n) is 6.36. The molecule has 0 saturated carbocycles. The van der Waals surface area contributed by atoms with Gasteiger partial charge in [-0.05, 0) is 37.1 Å². The number of nitrogens with one attached hydrogen (secondary N) is 1. The van der Waals surface area contributed by atoms with Crippen molar-refractivity contribution < 1.29 is 0 Å². The first-order chi connectivity index (χ1) is 8.65. The molecule has 0 radical (unpaired) electrons. The van der Waals surface area contributed by atoms with Crippen LogP contribution in [0.2, 0.25) is 0 Å². The molecule has 98 valence electrons. The number of benzene rings is 1. The molecule has 1 aliphatic rings. The third-order valence-electron chi connectivity index (χ3n) is 3.14. The zero-order valence-corrected chi connectivity index (χ0v) is 11.2. The number of nitrogens with zero attached hydrogens (tertiary/aromatic N) is 2. The predicted octanol–water partition coefficient (Wildman–Crippen LogP) is 2.14. The van der Waals surface area contributed by atoms with Gasteiger partial charge in [0.05, 0.1) is 6.67 Å². The fourth-order valence-electron chi connectivity index (χ4n) is 2.18. The molecule has 1 aliphatic heterocycles. The van der Waals surface area contributed by atoms with Crippen LogP contribution in [0.5, 0.6) is 0 Å². The van der Waals surface area contributed by atoms with Crippen LogP contribution in [0.4, 0.5) is 11.4 Å². The van der Waals surface area contributed by atoms with Gasteiger partial charge in [0.15, 0.2) is 0 Å². The van der Waals surface area contributed by atoms with Gasteiger partial charge in [0.2, 0.25) is 0 Å². The van der Waals surface area contributed by atoms with Crippen molar-refractivity contribution in [1.82, 2.24) is 9.80 Å². The van der Waals surface area contributed by atoms with Gasteiger partial charge >= 0.3 is 0 Å². The third-order valence-corrected chi connectivity index (χ3v) is 3.14. The number of hydrogen-bond acceptors (Lipinski definition) is 4. The monoisotopic (exact) mass is 246 g/mol. The second kappa shape index (κ2) is 5.67. The normalized spacial score (nSPS) is 14.9. The van der Waals surface area contributed by atoms with Crippen LogP contribution in [-0.2, 0) is 0 Å². The lowest BCUT2D eigenvalue weighted by atomic mass is 10.2. The Labute approximate surface area is 109 Å². The van der Waals surface area contributed by atoms with Gasteiger partial charge in [-0.25, -0.2) is 0 Å². The topological polar surface area (TPSA) is 44.5 Å². The zero-order chi connectivity index (χ0) is 13.0. The van der Waals surface area contributed by atoms with Crippen molar-refractivity contribution in [2.75, 3.05) is 38.4 Å². The van der Waals surface area contributed by atoms with Gasteiger partial charge in [0.1, 0.15) is 0 Å². The molecule has 0 amide bonds. The summed E-state index contributed by atoms with van der Waals surface area (Å²) in [6.07, 6.45) is 4.47. The maximum absolute atomic E-state index is 5.65. The average molecular weight is 246 g/mol. The molecule has 0 spiro atoms. The van der Waals surface area contributed by atoms with Gasteiger partial charge < -0.3 is 20.9 Å². The van der Waals surface area contributed by atoms with E-state index in [4.69, 9.17) is 5.73 Å². The van der Waals surface area contributed by atoms with Crippen LogP contribution in [0.15, 0.2) is 36.2 Å². The van der Waals surface area contributed by atoms with Crippen molar-refractivity contribution in [3.05, 3.63) is 36.2 Å². The molecule has 18 heavy (non-hydrogen) atoms. The Kier molecular flexibility index (Phi) is 3.97. The van der Waals surface area contributed by atoms with Crippen LogP contribution in [0.3, 0.4) is 0 Å². The molecule has 4 heteroatoms. The number of anilines is 2. The zero-order valence-electron chi connectivity index (χ0n) is 11.2. The lowest BCUT2D eigenvalue weighted by Crippen LogP contribution is -2.20. The summed E-state index contributed by atoms with van der Waals surface area (Å²) in [5.41, 5.74) is 9.00. The summed E-state index contributed by atoms with van der Waals surface area (Å²) in [5.74, 6) is 0. The number of nitrogens with two attached hydrogens (primary N) is 1. The van der Waals surface area contributed by atoms with E-state index in [2.05, 4.69) is 35.4 Å². The summed E-state index contributed by atoms with van der Waals surface area (Å²) < 4.78 is 0. The smallest absolute Gasteiger partial charge is 0.0890 e. The highest BCUT2D eigenvalue weighted by Crippen LogP contribution is 2.17. The molecule has 0 aliphatic carbocycles.